The molecular weight excluding hydrogens is 647 g/mol. The number of anilines is 3. The lowest BCUT2D eigenvalue weighted by Crippen LogP contribution is -2.10. The van der Waals surface area contributed by atoms with Gasteiger partial charge < -0.3 is 9.32 Å². The third-order valence-electron chi connectivity index (χ3n) is 10.0. The van der Waals surface area contributed by atoms with E-state index < -0.39 is 0 Å². The lowest BCUT2D eigenvalue weighted by atomic mass is 9.96. The van der Waals surface area contributed by atoms with Crippen molar-refractivity contribution in [2.75, 3.05) is 4.90 Å². The zero-order valence-corrected chi connectivity index (χ0v) is 28.4. The lowest BCUT2D eigenvalue weighted by Gasteiger charge is -2.27. The first-order chi connectivity index (χ1) is 24.8. The molecule has 234 valence electrons. The second-order valence-corrected chi connectivity index (χ2v) is 15.0. The normalized spacial score (nSPS) is 12.0. The van der Waals surface area contributed by atoms with Crippen LogP contribution in [-0.4, -0.2) is 0 Å². The zero-order valence-electron chi connectivity index (χ0n) is 26.8. The fourth-order valence-corrected chi connectivity index (χ4v) is 10.3. The van der Waals surface area contributed by atoms with Gasteiger partial charge in [-0.25, -0.2) is 0 Å². The summed E-state index contributed by atoms with van der Waals surface area (Å²) in [6, 6.07) is 59.3. The van der Waals surface area contributed by atoms with Gasteiger partial charge in [-0.3, -0.25) is 0 Å². The van der Waals surface area contributed by atoms with Crippen LogP contribution in [0.2, 0.25) is 0 Å². The molecule has 0 fully saturated rings. The first kappa shape index (κ1) is 28.0. The Hall–Kier alpha value is -5.94. The van der Waals surface area contributed by atoms with E-state index >= 15 is 0 Å². The number of fused-ring (bicyclic) bond motifs is 12. The highest BCUT2D eigenvalue weighted by Crippen LogP contribution is 2.51. The van der Waals surface area contributed by atoms with Crippen LogP contribution in [0.5, 0.6) is 0 Å². The molecule has 8 aromatic carbocycles. The maximum Gasteiger partial charge on any atom is 0.144 e. The van der Waals surface area contributed by atoms with Crippen LogP contribution in [0.25, 0.3) is 84.2 Å². The third kappa shape index (κ3) is 4.07. The fraction of sp³-hybridized carbons (Fsp3) is 0. The molecule has 11 aromatic rings. The second-order valence-electron chi connectivity index (χ2n) is 12.8. The molecule has 0 saturated carbocycles. The van der Waals surface area contributed by atoms with Gasteiger partial charge in [0.15, 0.2) is 0 Å². The van der Waals surface area contributed by atoms with E-state index in [1.54, 1.807) is 0 Å². The largest absolute Gasteiger partial charge is 0.455 e. The highest BCUT2D eigenvalue weighted by molar-refractivity contribution is 7.27. The van der Waals surface area contributed by atoms with Crippen molar-refractivity contribution in [3.05, 3.63) is 164 Å². The van der Waals surface area contributed by atoms with E-state index in [1.807, 2.05) is 22.7 Å². The average molecular weight is 674 g/mol. The standard InChI is InChI=1S/C46H27NOS2/c1-3-14-30(15-4-1)47(31-16-5-2-6-17-31)37-25-29(26-41-44(37)42-32-18-8-7-13-28(32)23-24-40(42)49-41)35-27-36-33-19-9-11-21-38(33)48-45(36)43-34-20-10-12-22-39(34)50-46(35)43/h1-27H. The Bertz CT molecular complexity index is 3060. The Morgan fingerprint density at radius 1 is 0.440 bits per heavy atom. The molecule has 0 bridgehead atoms. The van der Waals surface area contributed by atoms with Crippen molar-refractivity contribution < 1.29 is 4.42 Å². The predicted octanol–water partition coefficient (Wildman–Crippen LogP) is 14.6. The van der Waals surface area contributed by atoms with E-state index in [0.29, 0.717) is 0 Å². The monoisotopic (exact) mass is 673 g/mol. The van der Waals surface area contributed by atoms with Crippen molar-refractivity contribution in [1.29, 1.82) is 0 Å². The third-order valence-corrected chi connectivity index (χ3v) is 12.3. The van der Waals surface area contributed by atoms with E-state index in [9.17, 15) is 0 Å². The SMILES string of the molecule is c1ccc(N(c2ccccc2)c2cc(-c3cc4c5ccccc5oc4c4c3sc3ccccc34)cc3sc4ccc5ccccc5c4c23)cc1. The number of furan rings is 1. The van der Waals surface area contributed by atoms with Crippen LogP contribution in [0.15, 0.2) is 168 Å². The molecule has 0 unspecified atom stereocenters. The topological polar surface area (TPSA) is 16.4 Å². The summed E-state index contributed by atoms with van der Waals surface area (Å²) in [4.78, 5) is 2.44. The minimum absolute atomic E-state index is 0.920. The van der Waals surface area contributed by atoms with Gasteiger partial charge in [0, 0.05) is 68.1 Å². The van der Waals surface area contributed by atoms with Crippen LogP contribution in [0.3, 0.4) is 0 Å². The Kier molecular flexibility index (Phi) is 6.03. The van der Waals surface area contributed by atoms with Gasteiger partial charge in [0.25, 0.3) is 0 Å². The van der Waals surface area contributed by atoms with E-state index in [4.69, 9.17) is 4.42 Å². The van der Waals surface area contributed by atoms with Crippen molar-refractivity contribution in [2.45, 2.75) is 0 Å². The molecule has 3 aromatic heterocycles. The van der Waals surface area contributed by atoms with Crippen LogP contribution < -0.4 is 4.90 Å². The van der Waals surface area contributed by atoms with Crippen molar-refractivity contribution in [3.8, 4) is 11.1 Å². The van der Waals surface area contributed by atoms with Gasteiger partial charge in [-0.2, -0.15) is 0 Å². The summed E-state index contributed by atoms with van der Waals surface area (Å²) < 4.78 is 11.7. The molecule has 0 spiro atoms. The molecule has 0 saturated heterocycles. The summed E-state index contributed by atoms with van der Waals surface area (Å²) >= 11 is 3.74. The Morgan fingerprint density at radius 2 is 1.12 bits per heavy atom. The first-order valence-corrected chi connectivity index (χ1v) is 18.5. The minimum atomic E-state index is 0.920. The smallest absolute Gasteiger partial charge is 0.144 e. The Morgan fingerprint density at radius 3 is 1.92 bits per heavy atom. The van der Waals surface area contributed by atoms with Crippen molar-refractivity contribution in [2.24, 2.45) is 0 Å². The second kappa shape index (κ2) is 10.8. The summed E-state index contributed by atoms with van der Waals surface area (Å²) in [5.41, 5.74) is 7.73. The molecule has 0 atom stereocenters. The first-order valence-electron chi connectivity index (χ1n) is 16.8. The zero-order chi connectivity index (χ0) is 32.8. The maximum absolute atomic E-state index is 6.65. The van der Waals surface area contributed by atoms with Crippen LogP contribution in [0.4, 0.5) is 17.1 Å². The van der Waals surface area contributed by atoms with Crippen molar-refractivity contribution >= 4 is 113 Å². The number of rotatable bonds is 4. The van der Waals surface area contributed by atoms with E-state index in [1.165, 1.54) is 67.9 Å². The minimum Gasteiger partial charge on any atom is -0.455 e. The molecule has 50 heavy (non-hydrogen) atoms. The van der Waals surface area contributed by atoms with Gasteiger partial charge in [-0.15, -0.1) is 22.7 Å². The molecule has 0 aliphatic carbocycles. The van der Waals surface area contributed by atoms with E-state index in [0.717, 1.165) is 33.3 Å². The Balaban J connectivity index is 1.32. The van der Waals surface area contributed by atoms with Gasteiger partial charge >= 0.3 is 0 Å². The molecule has 4 heteroatoms. The molecule has 0 aliphatic rings. The number of thiophene rings is 2. The van der Waals surface area contributed by atoms with E-state index in [2.05, 4.69) is 169 Å². The van der Waals surface area contributed by atoms with Crippen molar-refractivity contribution in [3.63, 3.8) is 0 Å². The van der Waals surface area contributed by atoms with Gasteiger partial charge in [-0.1, -0.05) is 103 Å². The summed E-state index contributed by atoms with van der Waals surface area (Å²) in [6.07, 6.45) is 0. The Labute approximate surface area is 295 Å². The summed E-state index contributed by atoms with van der Waals surface area (Å²) in [5, 5.41) is 9.86. The molecule has 0 aliphatic heterocycles. The van der Waals surface area contributed by atoms with Crippen LogP contribution in [0.1, 0.15) is 0 Å². The molecule has 0 N–H and O–H groups in total. The average Bonchev–Trinajstić information content (AvgIpc) is 3.87. The number of nitrogens with zero attached hydrogens (tertiary/aromatic N) is 1. The van der Waals surface area contributed by atoms with Gasteiger partial charge in [0.1, 0.15) is 11.2 Å². The fourth-order valence-electron chi connectivity index (χ4n) is 7.84. The van der Waals surface area contributed by atoms with Crippen LogP contribution in [-0.2, 0) is 0 Å². The predicted molar refractivity (Wildman–Crippen MR) is 217 cm³/mol. The van der Waals surface area contributed by atoms with Crippen LogP contribution >= 0.6 is 22.7 Å². The number of hydrogen-bond donors (Lipinski definition) is 0. The molecule has 11 rings (SSSR count). The summed E-state index contributed by atoms with van der Waals surface area (Å²) in [7, 11) is 0. The number of benzene rings is 8. The highest BCUT2D eigenvalue weighted by atomic mass is 32.1. The quantitative estimate of drug-likeness (QED) is 0.185. The molecule has 2 nitrogen and oxygen atoms in total. The molecule has 0 amide bonds. The molecule has 3 heterocycles. The van der Waals surface area contributed by atoms with Gasteiger partial charge in [-0.05, 0) is 77.0 Å². The maximum atomic E-state index is 6.65. The van der Waals surface area contributed by atoms with E-state index in [-0.39, 0.29) is 0 Å². The van der Waals surface area contributed by atoms with Gasteiger partial charge in [0.05, 0.1) is 5.69 Å². The van der Waals surface area contributed by atoms with Gasteiger partial charge in [0.2, 0.25) is 0 Å². The van der Waals surface area contributed by atoms with Crippen LogP contribution in [0, 0.1) is 0 Å². The molecular formula is C46H27NOS2. The summed E-state index contributed by atoms with van der Waals surface area (Å²) in [6.45, 7) is 0. The van der Waals surface area contributed by atoms with Crippen molar-refractivity contribution in [1.82, 2.24) is 0 Å². The summed E-state index contributed by atoms with van der Waals surface area (Å²) in [5.74, 6) is 0. The molecule has 0 radical (unpaired) electrons. The number of hydrogen-bond acceptors (Lipinski definition) is 4. The lowest BCUT2D eigenvalue weighted by molar-refractivity contribution is 0.673. The highest BCUT2D eigenvalue weighted by Gasteiger charge is 2.24. The number of para-hydroxylation sites is 3.